The lowest BCUT2D eigenvalue weighted by Crippen LogP contribution is -2.17. The van der Waals surface area contributed by atoms with Gasteiger partial charge in [0, 0.05) is 49.3 Å². The summed E-state index contributed by atoms with van der Waals surface area (Å²) < 4.78 is 8.63. The molecule has 4 heterocycles. The minimum atomic E-state index is 0.0920. The summed E-state index contributed by atoms with van der Waals surface area (Å²) >= 11 is 1.89. The third kappa shape index (κ3) is 4.85. The van der Waals surface area contributed by atoms with E-state index >= 15 is 0 Å². The summed E-state index contributed by atoms with van der Waals surface area (Å²) in [4.78, 5) is 19.1. The van der Waals surface area contributed by atoms with Crippen molar-refractivity contribution in [3.8, 4) is 28.7 Å². The number of aromatic nitrogens is 4. The number of hydrogen-bond acceptors (Lipinski definition) is 6. The van der Waals surface area contributed by atoms with Crippen LogP contribution in [0.4, 0.5) is 11.4 Å². The predicted molar refractivity (Wildman–Crippen MR) is 216 cm³/mol. The average Bonchev–Trinajstić information content (AvgIpc) is 3.90. The molecule has 1 atom stereocenters. The molecule has 0 amide bonds. The summed E-state index contributed by atoms with van der Waals surface area (Å²) in [6, 6.07) is 59.1. The summed E-state index contributed by atoms with van der Waals surface area (Å²) in [5, 5.41) is 4.46. The molecule has 0 bridgehead atoms. The smallest absolute Gasteiger partial charge is 0.238 e. The summed E-state index contributed by atoms with van der Waals surface area (Å²) in [5.74, 6) is 1.77. The second-order valence-corrected chi connectivity index (χ2v) is 14.4. The monoisotopic (exact) mass is 699 g/mol. The minimum Gasteiger partial charge on any atom is -0.456 e. The first-order valence-electron chi connectivity index (χ1n) is 17.6. The number of fused-ring (bicyclic) bond motifs is 7. The van der Waals surface area contributed by atoms with E-state index in [9.17, 15) is 0 Å². The van der Waals surface area contributed by atoms with Crippen LogP contribution in [0.25, 0.3) is 72.5 Å². The fourth-order valence-corrected chi connectivity index (χ4v) is 8.97. The molecule has 250 valence electrons. The van der Waals surface area contributed by atoms with Crippen LogP contribution in [0, 0.1) is 0 Å². The maximum Gasteiger partial charge on any atom is 0.238 e. The Bertz CT molecular complexity index is 2940. The van der Waals surface area contributed by atoms with E-state index in [2.05, 4.69) is 107 Å². The molecule has 0 radical (unpaired) electrons. The van der Waals surface area contributed by atoms with Crippen molar-refractivity contribution >= 4 is 66.9 Å². The van der Waals surface area contributed by atoms with E-state index in [1.165, 1.54) is 16.1 Å². The van der Waals surface area contributed by atoms with E-state index in [1.807, 2.05) is 84.6 Å². The van der Waals surface area contributed by atoms with Crippen molar-refractivity contribution in [1.82, 2.24) is 19.5 Å². The van der Waals surface area contributed by atoms with Crippen molar-refractivity contribution in [1.29, 1.82) is 0 Å². The molecule has 11 rings (SSSR count). The molecule has 1 aliphatic heterocycles. The van der Waals surface area contributed by atoms with Gasteiger partial charge in [0.2, 0.25) is 5.95 Å². The van der Waals surface area contributed by atoms with Gasteiger partial charge in [-0.25, -0.2) is 4.98 Å². The molecule has 53 heavy (non-hydrogen) atoms. The highest BCUT2D eigenvalue weighted by molar-refractivity contribution is 8.00. The van der Waals surface area contributed by atoms with Crippen LogP contribution in [-0.2, 0) is 0 Å². The van der Waals surface area contributed by atoms with E-state index in [0.717, 1.165) is 60.6 Å². The first-order chi connectivity index (χ1) is 26.3. The third-order valence-electron chi connectivity index (χ3n) is 10.1. The molecule has 0 saturated heterocycles. The van der Waals surface area contributed by atoms with Crippen LogP contribution in [0.3, 0.4) is 0 Å². The molecule has 1 aliphatic rings. The number of benzene rings is 7. The highest BCUT2D eigenvalue weighted by Crippen LogP contribution is 2.55. The van der Waals surface area contributed by atoms with Crippen molar-refractivity contribution in [3.63, 3.8) is 0 Å². The van der Waals surface area contributed by atoms with Gasteiger partial charge in [-0.05, 0) is 48.0 Å². The summed E-state index contributed by atoms with van der Waals surface area (Å²) in [6.07, 6.45) is 0. The number of rotatable bonds is 5. The Balaban J connectivity index is 1.20. The zero-order chi connectivity index (χ0) is 34.9. The van der Waals surface area contributed by atoms with E-state index in [0.29, 0.717) is 17.6 Å². The Morgan fingerprint density at radius 3 is 1.89 bits per heavy atom. The van der Waals surface area contributed by atoms with Gasteiger partial charge >= 0.3 is 0 Å². The van der Waals surface area contributed by atoms with Gasteiger partial charge in [0.15, 0.2) is 11.6 Å². The Labute approximate surface area is 309 Å². The van der Waals surface area contributed by atoms with Crippen LogP contribution < -0.4 is 4.90 Å². The van der Waals surface area contributed by atoms with Gasteiger partial charge in [-0.2, -0.15) is 9.97 Å². The van der Waals surface area contributed by atoms with Crippen molar-refractivity contribution < 1.29 is 4.42 Å². The number of thioether (sulfide) groups is 1. The Kier molecular flexibility index (Phi) is 6.75. The molecule has 6 nitrogen and oxygen atoms in total. The number of furan rings is 1. The lowest BCUT2D eigenvalue weighted by Gasteiger charge is -2.27. The quantitative estimate of drug-likeness (QED) is 0.178. The van der Waals surface area contributed by atoms with Crippen molar-refractivity contribution in [3.05, 3.63) is 175 Å². The Morgan fingerprint density at radius 2 is 1.13 bits per heavy atom. The number of hydrogen-bond donors (Lipinski definition) is 0. The SMILES string of the molecule is c1ccc(-c2nc(-c3ccccc3)nc(-n3c4ccc(N5c6ccccc6SC5c5ccccc5)cc4c4cc5c(cc43)oc3ccccc35)n2)cc1. The highest BCUT2D eigenvalue weighted by Gasteiger charge is 2.33. The topological polar surface area (TPSA) is 60.0 Å². The number of nitrogens with zero attached hydrogens (tertiary/aromatic N) is 5. The van der Waals surface area contributed by atoms with Gasteiger partial charge in [0.1, 0.15) is 16.5 Å². The first kappa shape index (κ1) is 30.0. The molecule has 0 spiro atoms. The molecule has 0 saturated carbocycles. The Morgan fingerprint density at radius 1 is 0.491 bits per heavy atom. The van der Waals surface area contributed by atoms with Crippen LogP contribution in [0.1, 0.15) is 10.9 Å². The molecule has 0 N–H and O–H groups in total. The van der Waals surface area contributed by atoms with Crippen LogP contribution in [0.2, 0.25) is 0 Å². The lowest BCUT2D eigenvalue weighted by atomic mass is 10.1. The molecule has 7 heteroatoms. The lowest BCUT2D eigenvalue weighted by molar-refractivity contribution is 0.669. The van der Waals surface area contributed by atoms with E-state index in [-0.39, 0.29) is 5.37 Å². The minimum absolute atomic E-state index is 0.0920. The molecule has 0 aliphatic carbocycles. The van der Waals surface area contributed by atoms with Gasteiger partial charge in [-0.3, -0.25) is 4.57 Å². The molecule has 10 aromatic rings. The van der Waals surface area contributed by atoms with Gasteiger partial charge in [-0.1, -0.05) is 133 Å². The largest absolute Gasteiger partial charge is 0.456 e. The zero-order valence-electron chi connectivity index (χ0n) is 28.3. The maximum absolute atomic E-state index is 6.46. The Hall–Kier alpha value is -6.70. The van der Waals surface area contributed by atoms with Crippen molar-refractivity contribution in [2.75, 3.05) is 4.90 Å². The zero-order valence-corrected chi connectivity index (χ0v) is 29.1. The average molecular weight is 700 g/mol. The van der Waals surface area contributed by atoms with Gasteiger partial charge in [-0.15, -0.1) is 0 Å². The molecule has 1 unspecified atom stereocenters. The van der Waals surface area contributed by atoms with Crippen LogP contribution >= 0.6 is 11.8 Å². The van der Waals surface area contributed by atoms with Gasteiger partial charge < -0.3 is 9.32 Å². The second-order valence-electron chi connectivity index (χ2n) is 13.2. The second kappa shape index (κ2) is 11.9. The number of anilines is 2. The van der Waals surface area contributed by atoms with Crippen molar-refractivity contribution in [2.24, 2.45) is 0 Å². The van der Waals surface area contributed by atoms with E-state index in [1.54, 1.807) is 0 Å². The first-order valence-corrected chi connectivity index (χ1v) is 18.5. The van der Waals surface area contributed by atoms with Crippen LogP contribution in [0.15, 0.2) is 179 Å². The third-order valence-corrected chi connectivity index (χ3v) is 11.4. The predicted octanol–water partition coefficient (Wildman–Crippen LogP) is 12.1. The summed E-state index contributed by atoms with van der Waals surface area (Å²) in [6.45, 7) is 0. The van der Waals surface area contributed by atoms with E-state index < -0.39 is 0 Å². The molecule has 3 aromatic heterocycles. The fraction of sp³-hybridized carbons (Fsp3) is 0.0217. The standard InChI is InChI=1S/C46H29N5OS/c1-4-14-29(15-5-1)43-47-44(30-16-6-2-7-17-30)49-46(48-43)51-37-25-24-32(50-38-21-11-13-23-42(38)53-45(50)31-18-8-3-9-19-31)26-34(37)35-27-36-33-20-10-12-22-40(33)52-41(36)28-39(35)51/h1-28,45H. The van der Waals surface area contributed by atoms with Gasteiger partial charge in [0.05, 0.1) is 16.7 Å². The highest BCUT2D eigenvalue weighted by atomic mass is 32.2. The number of para-hydroxylation sites is 2. The summed E-state index contributed by atoms with van der Waals surface area (Å²) in [5.41, 5.74) is 9.07. The van der Waals surface area contributed by atoms with Crippen LogP contribution in [-0.4, -0.2) is 19.5 Å². The van der Waals surface area contributed by atoms with Crippen molar-refractivity contribution in [2.45, 2.75) is 10.3 Å². The maximum atomic E-state index is 6.46. The molecular weight excluding hydrogens is 671 g/mol. The van der Waals surface area contributed by atoms with Crippen LogP contribution in [0.5, 0.6) is 0 Å². The molecule has 7 aromatic carbocycles. The normalized spacial score (nSPS) is 14.1. The molecular formula is C46H29N5OS. The fourth-order valence-electron chi connectivity index (χ4n) is 7.65. The molecule has 0 fully saturated rings. The summed E-state index contributed by atoms with van der Waals surface area (Å²) in [7, 11) is 0. The van der Waals surface area contributed by atoms with Gasteiger partial charge in [0.25, 0.3) is 0 Å². The van der Waals surface area contributed by atoms with E-state index in [4.69, 9.17) is 19.4 Å².